The molecule has 1 unspecified atom stereocenters. The van der Waals surface area contributed by atoms with Crippen LogP contribution in [0.3, 0.4) is 0 Å². The summed E-state index contributed by atoms with van der Waals surface area (Å²) in [7, 11) is 4.37. The van der Waals surface area contributed by atoms with E-state index < -0.39 is 0 Å². The van der Waals surface area contributed by atoms with Crippen molar-refractivity contribution in [2.75, 3.05) is 39.5 Å². The summed E-state index contributed by atoms with van der Waals surface area (Å²) < 4.78 is 1.06. The van der Waals surface area contributed by atoms with Crippen molar-refractivity contribution in [2.24, 2.45) is 0 Å². The number of nitrogen functional groups attached to an aromatic ring is 1. The topological polar surface area (TPSA) is 58.3 Å². The molecule has 0 radical (unpaired) electrons. The monoisotopic (exact) mass is 387 g/mol. The third kappa shape index (κ3) is 3.07. The van der Waals surface area contributed by atoms with Gasteiger partial charge in [0.15, 0.2) is 0 Å². The van der Waals surface area contributed by atoms with Crippen LogP contribution in [0.5, 0.6) is 0 Å². The first kappa shape index (κ1) is 14.5. The van der Waals surface area contributed by atoms with Crippen LogP contribution in [0, 0.1) is 3.57 Å². The minimum Gasteiger partial charge on any atom is -0.383 e. The van der Waals surface area contributed by atoms with E-state index in [0.717, 1.165) is 35.4 Å². The number of halogens is 1. The standard InChI is InChI=1S/C14H22IN5/c1-19-5-6-20(2)10(8-19)7-11-17-13(9-3-4-9)12(15)14(16)18-11/h9-10H,3-8H2,1-2H3,(H2,16,17,18). The molecule has 2 heterocycles. The molecule has 1 saturated carbocycles. The van der Waals surface area contributed by atoms with Crippen LogP contribution in [0.4, 0.5) is 5.82 Å². The van der Waals surface area contributed by atoms with Gasteiger partial charge in [0, 0.05) is 38.0 Å². The molecular formula is C14H22IN5. The number of nitrogens with zero attached hydrogens (tertiary/aromatic N) is 4. The molecule has 0 amide bonds. The fourth-order valence-electron chi connectivity index (χ4n) is 2.78. The van der Waals surface area contributed by atoms with Crippen LogP contribution in [0.25, 0.3) is 0 Å². The lowest BCUT2D eigenvalue weighted by Gasteiger charge is -2.37. The maximum Gasteiger partial charge on any atom is 0.140 e. The van der Waals surface area contributed by atoms with E-state index in [1.807, 2.05) is 0 Å². The van der Waals surface area contributed by atoms with Crippen molar-refractivity contribution in [3.63, 3.8) is 0 Å². The van der Waals surface area contributed by atoms with E-state index in [9.17, 15) is 0 Å². The predicted octanol–water partition coefficient (Wildman–Crippen LogP) is 1.33. The number of rotatable bonds is 3. The number of anilines is 1. The molecule has 1 atom stereocenters. The summed E-state index contributed by atoms with van der Waals surface area (Å²) in [5.41, 5.74) is 7.25. The molecule has 3 rings (SSSR count). The van der Waals surface area contributed by atoms with E-state index in [4.69, 9.17) is 10.7 Å². The van der Waals surface area contributed by atoms with Crippen molar-refractivity contribution >= 4 is 28.4 Å². The van der Waals surface area contributed by atoms with Gasteiger partial charge in [-0.05, 0) is 49.5 Å². The smallest absolute Gasteiger partial charge is 0.140 e. The second kappa shape index (κ2) is 5.73. The molecule has 2 fully saturated rings. The van der Waals surface area contributed by atoms with E-state index in [2.05, 4.69) is 51.5 Å². The summed E-state index contributed by atoms with van der Waals surface area (Å²) in [6.07, 6.45) is 3.39. The lowest BCUT2D eigenvalue weighted by Crippen LogP contribution is -2.51. The van der Waals surface area contributed by atoms with Crippen LogP contribution in [0.2, 0.25) is 0 Å². The minimum absolute atomic E-state index is 0.486. The van der Waals surface area contributed by atoms with Gasteiger partial charge in [0.05, 0.1) is 9.26 Å². The van der Waals surface area contributed by atoms with Gasteiger partial charge < -0.3 is 15.5 Å². The Labute approximate surface area is 134 Å². The van der Waals surface area contributed by atoms with E-state index in [0.29, 0.717) is 17.8 Å². The maximum atomic E-state index is 6.07. The van der Waals surface area contributed by atoms with E-state index in [1.165, 1.54) is 18.5 Å². The normalized spacial score (nSPS) is 25.1. The quantitative estimate of drug-likeness (QED) is 0.794. The molecule has 0 bridgehead atoms. The minimum atomic E-state index is 0.486. The summed E-state index contributed by atoms with van der Waals surface area (Å²) in [5.74, 6) is 2.19. The van der Waals surface area contributed by atoms with Crippen LogP contribution in [-0.4, -0.2) is 59.5 Å². The first-order valence-corrected chi connectivity index (χ1v) is 8.33. The zero-order valence-corrected chi connectivity index (χ0v) is 14.3. The Balaban J connectivity index is 1.79. The van der Waals surface area contributed by atoms with Crippen molar-refractivity contribution in [3.05, 3.63) is 15.1 Å². The third-order valence-electron chi connectivity index (χ3n) is 4.31. The molecule has 6 heteroatoms. The Morgan fingerprint density at radius 1 is 1.25 bits per heavy atom. The Morgan fingerprint density at radius 2 is 2.00 bits per heavy atom. The van der Waals surface area contributed by atoms with Gasteiger partial charge in [0.2, 0.25) is 0 Å². The van der Waals surface area contributed by atoms with Crippen LogP contribution >= 0.6 is 22.6 Å². The molecule has 1 aromatic heterocycles. The van der Waals surface area contributed by atoms with Crippen LogP contribution in [0.15, 0.2) is 0 Å². The number of piperazine rings is 1. The molecule has 2 N–H and O–H groups in total. The Morgan fingerprint density at radius 3 is 2.70 bits per heavy atom. The molecule has 1 aromatic rings. The molecular weight excluding hydrogens is 365 g/mol. The molecule has 1 aliphatic heterocycles. The van der Waals surface area contributed by atoms with Gasteiger partial charge in [0.25, 0.3) is 0 Å². The van der Waals surface area contributed by atoms with Gasteiger partial charge in [-0.3, -0.25) is 0 Å². The number of hydrogen-bond acceptors (Lipinski definition) is 5. The second-order valence-electron chi connectivity index (χ2n) is 6.10. The second-order valence-corrected chi connectivity index (χ2v) is 7.18. The van der Waals surface area contributed by atoms with Gasteiger partial charge >= 0.3 is 0 Å². The van der Waals surface area contributed by atoms with Crippen LogP contribution in [-0.2, 0) is 6.42 Å². The van der Waals surface area contributed by atoms with Gasteiger partial charge in [-0.15, -0.1) is 0 Å². The number of likely N-dealkylation sites (N-methyl/N-ethyl adjacent to an activating group) is 2. The lowest BCUT2D eigenvalue weighted by atomic mass is 10.1. The Hall–Kier alpha value is -0.470. The van der Waals surface area contributed by atoms with Gasteiger partial charge in [0.1, 0.15) is 11.6 Å². The van der Waals surface area contributed by atoms with Gasteiger partial charge in [-0.1, -0.05) is 0 Å². The molecule has 1 saturated heterocycles. The van der Waals surface area contributed by atoms with Gasteiger partial charge in [-0.2, -0.15) is 0 Å². The lowest BCUT2D eigenvalue weighted by molar-refractivity contribution is 0.113. The van der Waals surface area contributed by atoms with Crippen molar-refractivity contribution in [1.29, 1.82) is 0 Å². The number of hydrogen-bond donors (Lipinski definition) is 1. The summed E-state index contributed by atoms with van der Waals surface area (Å²) in [5, 5.41) is 0. The van der Waals surface area contributed by atoms with Crippen LogP contribution in [0.1, 0.15) is 30.3 Å². The molecule has 0 spiro atoms. The fraction of sp³-hybridized carbons (Fsp3) is 0.714. The highest BCUT2D eigenvalue weighted by molar-refractivity contribution is 14.1. The largest absolute Gasteiger partial charge is 0.383 e. The van der Waals surface area contributed by atoms with Crippen molar-refractivity contribution in [3.8, 4) is 0 Å². The summed E-state index contributed by atoms with van der Waals surface area (Å²) in [6.45, 7) is 3.32. The third-order valence-corrected chi connectivity index (χ3v) is 5.42. The first-order valence-electron chi connectivity index (χ1n) is 7.25. The molecule has 20 heavy (non-hydrogen) atoms. The maximum absolute atomic E-state index is 6.07. The Bertz CT molecular complexity index is 503. The number of nitrogens with two attached hydrogens (primary N) is 1. The average Bonchev–Trinajstić information content (AvgIpc) is 3.22. The molecule has 5 nitrogen and oxygen atoms in total. The SMILES string of the molecule is CN1CCN(C)C(Cc2nc(N)c(I)c(C3CC3)n2)C1. The highest BCUT2D eigenvalue weighted by atomic mass is 127. The fourth-order valence-corrected chi connectivity index (χ4v) is 3.47. The van der Waals surface area contributed by atoms with E-state index in [-0.39, 0.29) is 0 Å². The summed E-state index contributed by atoms with van der Waals surface area (Å²) in [4.78, 5) is 14.1. The van der Waals surface area contributed by atoms with Crippen molar-refractivity contribution in [2.45, 2.75) is 31.2 Å². The Kier molecular flexibility index (Phi) is 4.14. The molecule has 2 aliphatic rings. The summed E-state index contributed by atoms with van der Waals surface area (Å²) >= 11 is 2.29. The van der Waals surface area contributed by atoms with E-state index >= 15 is 0 Å². The molecule has 0 aromatic carbocycles. The van der Waals surface area contributed by atoms with Crippen LogP contribution < -0.4 is 5.73 Å². The van der Waals surface area contributed by atoms with E-state index in [1.54, 1.807) is 0 Å². The van der Waals surface area contributed by atoms with Gasteiger partial charge in [-0.25, -0.2) is 9.97 Å². The summed E-state index contributed by atoms with van der Waals surface area (Å²) in [6, 6.07) is 0.486. The highest BCUT2D eigenvalue weighted by Crippen LogP contribution is 2.41. The highest BCUT2D eigenvalue weighted by Gasteiger charge is 2.30. The molecule has 1 aliphatic carbocycles. The molecule has 110 valence electrons. The predicted molar refractivity (Wildman–Crippen MR) is 88.8 cm³/mol. The zero-order valence-electron chi connectivity index (χ0n) is 12.1. The zero-order chi connectivity index (χ0) is 14.3. The number of aromatic nitrogens is 2. The average molecular weight is 387 g/mol. The van der Waals surface area contributed by atoms with Crippen molar-refractivity contribution in [1.82, 2.24) is 19.8 Å². The first-order chi connectivity index (χ1) is 9.54. The van der Waals surface area contributed by atoms with Crippen molar-refractivity contribution < 1.29 is 0 Å².